The second-order valence-corrected chi connectivity index (χ2v) is 5.52. The molecule has 1 unspecified atom stereocenters. The van der Waals surface area contributed by atoms with E-state index in [1.807, 2.05) is 0 Å². The van der Waals surface area contributed by atoms with Crippen LogP contribution in [0.2, 0.25) is 0 Å². The van der Waals surface area contributed by atoms with Crippen molar-refractivity contribution in [3.05, 3.63) is 5.32 Å². The molecule has 0 rings (SSSR count). The maximum atomic E-state index is 4.72. The number of nitrogens with zero attached hydrogens (tertiary/aromatic N) is 3. The van der Waals surface area contributed by atoms with Crippen molar-refractivity contribution in [3.8, 4) is 0 Å². The number of amidine groups is 1. The van der Waals surface area contributed by atoms with E-state index in [0.29, 0.717) is 6.04 Å². The SMILES string of the molecule is CCC(=NC(C)(C)C)[N-]C(C)CN(CC)CC.[Ni]. The van der Waals surface area contributed by atoms with Crippen molar-refractivity contribution in [2.45, 2.75) is 66.5 Å². The molecule has 0 aliphatic carbocycles. The van der Waals surface area contributed by atoms with E-state index < -0.39 is 0 Å². The van der Waals surface area contributed by atoms with Gasteiger partial charge < -0.3 is 15.2 Å². The monoisotopic (exact) mass is 298 g/mol. The molecule has 0 aliphatic heterocycles. The predicted octanol–water partition coefficient (Wildman–Crippen LogP) is 3.69. The molecule has 112 valence electrons. The molecule has 4 heteroatoms. The summed E-state index contributed by atoms with van der Waals surface area (Å²) in [6.07, 6.45) is 0.917. The Balaban J connectivity index is 0. The summed E-state index contributed by atoms with van der Waals surface area (Å²) in [5.74, 6) is 0.997. The fraction of sp³-hybridized carbons (Fsp3) is 0.929. The van der Waals surface area contributed by atoms with Gasteiger partial charge in [0.25, 0.3) is 0 Å². The normalized spacial score (nSPS) is 14.3. The zero-order valence-corrected chi connectivity index (χ0v) is 14.1. The Labute approximate surface area is 124 Å². The molecule has 3 nitrogen and oxygen atoms in total. The van der Waals surface area contributed by atoms with Gasteiger partial charge in [-0.25, -0.2) is 0 Å². The zero-order chi connectivity index (χ0) is 13.5. The molecular weight excluding hydrogens is 269 g/mol. The average molecular weight is 299 g/mol. The van der Waals surface area contributed by atoms with E-state index in [1.54, 1.807) is 0 Å². The van der Waals surface area contributed by atoms with Crippen LogP contribution in [0.4, 0.5) is 0 Å². The molecule has 0 aliphatic rings. The molecule has 0 N–H and O–H groups in total. The van der Waals surface area contributed by atoms with Gasteiger partial charge in [-0.2, -0.15) is 0 Å². The van der Waals surface area contributed by atoms with Gasteiger partial charge >= 0.3 is 0 Å². The Hall–Kier alpha value is -0.0765. The fourth-order valence-corrected chi connectivity index (χ4v) is 1.74. The van der Waals surface area contributed by atoms with Crippen molar-refractivity contribution in [2.24, 2.45) is 4.99 Å². The van der Waals surface area contributed by atoms with E-state index in [1.165, 1.54) is 0 Å². The van der Waals surface area contributed by atoms with Crippen LogP contribution in [0.1, 0.15) is 54.9 Å². The van der Waals surface area contributed by atoms with Crippen LogP contribution in [-0.2, 0) is 16.5 Å². The second kappa shape index (κ2) is 9.80. The first-order valence-corrected chi connectivity index (χ1v) is 6.84. The number of aliphatic imine (C=N–C) groups is 1. The summed E-state index contributed by atoms with van der Waals surface area (Å²) < 4.78 is 0. The van der Waals surface area contributed by atoms with E-state index in [2.05, 4.69) is 58.4 Å². The van der Waals surface area contributed by atoms with Crippen LogP contribution in [0.25, 0.3) is 5.32 Å². The van der Waals surface area contributed by atoms with E-state index >= 15 is 0 Å². The van der Waals surface area contributed by atoms with Crippen molar-refractivity contribution in [1.29, 1.82) is 0 Å². The van der Waals surface area contributed by atoms with Gasteiger partial charge in [0.2, 0.25) is 0 Å². The molecule has 0 saturated carbocycles. The second-order valence-electron chi connectivity index (χ2n) is 5.52. The maximum absolute atomic E-state index is 4.72. The minimum Gasteiger partial charge on any atom is -0.465 e. The summed E-state index contributed by atoms with van der Waals surface area (Å²) in [5, 5.41) is 4.72. The van der Waals surface area contributed by atoms with Crippen LogP contribution in [0.3, 0.4) is 0 Å². The molecule has 18 heavy (non-hydrogen) atoms. The first kappa shape index (κ1) is 20.2. The Morgan fingerprint density at radius 2 is 1.67 bits per heavy atom. The molecule has 0 bridgehead atoms. The van der Waals surface area contributed by atoms with E-state index in [4.69, 9.17) is 5.32 Å². The third-order valence-corrected chi connectivity index (χ3v) is 2.57. The summed E-state index contributed by atoms with van der Waals surface area (Å²) in [7, 11) is 0. The van der Waals surface area contributed by atoms with E-state index in [0.717, 1.165) is 31.9 Å². The van der Waals surface area contributed by atoms with Crippen molar-refractivity contribution >= 4 is 5.84 Å². The molecule has 0 fully saturated rings. The third-order valence-electron chi connectivity index (χ3n) is 2.57. The number of hydrogen-bond donors (Lipinski definition) is 0. The molecule has 0 amide bonds. The topological polar surface area (TPSA) is 29.7 Å². The summed E-state index contributed by atoms with van der Waals surface area (Å²) in [5.41, 5.74) is -0.0240. The predicted molar refractivity (Wildman–Crippen MR) is 78.1 cm³/mol. The quantitative estimate of drug-likeness (QED) is 0.418. The van der Waals surface area contributed by atoms with Crippen molar-refractivity contribution in [1.82, 2.24) is 4.90 Å². The van der Waals surface area contributed by atoms with Crippen molar-refractivity contribution < 1.29 is 16.5 Å². The molecule has 0 radical (unpaired) electrons. The molecule has 1 atom stereocenters. The van der Waals surface area contributed by atoms with Gasteiger partial charge in [-0.3, -0.25) is 0 Å². The average Bonchev–Trinajstić information content (AvgIpc) is 2.23. The van der Waals surface area contributed by atoms with Crippen molar-refractivity contribution in [3.63, 3.8) is 0 Å². The van der Waals surface area contributed by atoms with Gasteiger partial charge in [-0.1, -0.05) is 54.3 Å². The van der Waals surface area contributed by atoms with Gasteiger partial charge in [0.15, 0.2) is 0 Å². The Morgan fingerprint density at radius 3 is 2.00 bits per heavy atom. The van der Waals surface area contributed by atoms with Crippen LogP contribution in [0.5, 0.6) is 0 Å². The maximum Gasteiger partial charge on any atom is 0 e. The van der Waals surface area contributed by atoms with Crippen LogP contribution >= 0.6 is 0 Å². The van der Waals surface area contributed by atoms with Crippen LogP contribution < -0.4 is 0 Å². The van der Waals surface area contributed by atoms with Gasteiger partial charge in [-0.15, -0.1) is 0 Å². The van der Waals surface area contributed by atoms with E-state index in [-0.39, 0.29) is 22.0 Å². The largest absolute Gasteiger partial charge is 0.465 e. The van der Waals surface area contributed by atoms with Crippen LogP contribution in [-0.4, -0.2) is 42.0 Å². The van der Waals surface area contributed by atoms with Crippen LogP contribution in [0, 0.1) is 0 Å². The first-order valence-electron chi connectivity index (χ1n) is 6.84. The fourth-order valence-electron chi connectivity index (χ4n) is 1.74. The Bertz CT molecular complexity index is 230. The minimum atomic E-state index is -0.0240. The summed E-state index contributed by atoms with van der Waals surface area (Å²) >= 11 is 0. The van der Waals surface area contributed by atoms with E-state index in [9.17, 15) is 0 Å². The molecule has 0 saturated heterocycles. The van der Waals surface area contributed by atoms with Gasteiger partial charge in [0.1, 0.15) is 0 Å². The van der Waals surface area contributed by atoms with Gasteiger partial charge in [0.05, 0.1) is 0 Å². The minimum absolute atomic E-state index is 0. The first-order chi connectivity index (χ1) is 7.82. The number of likely N-dealkylation sites (N-methyl/N-ethyl adjacent to an activating group) is 1. The van der Waals surface area contributed by atoms with Crippen LogP contribution in [0.15, 0.2) is 4.99 Å². The molecular formula is C14H30N3Ni-. The number of hydrogen-bond acceptors (Lipinski definition) is 2. The van der Waals surface area contributed by atoms with Crippen molar-refractivity contribution in [2.75, 3.05) is 19.6 Å². The molecule has 0 aromatic heterocycles. The molecule has 0 heterocycles. The number of rotatable bonds is 6. The molecule has 0 aromatic carbocycles. The molecule has 0 spiro atoms. The summed E-state index contributed by atoms with van der Waals surface area (Å²) in [6, 6.07) is 0.330. The van der Waals surface area contributed by atoms with Gasteiger partial charge in [0, 0.05) is 16.5 Å². The van der Waals surface area contributed by atoms with Gasteiger partial charge in [-0.05, 0) is 37.6 Å². The third kappa shape index (κ3) is 9.90. The Kier molecular flexibility index (Phi) is 11.0. The standard InChI is InChI=1S/C14H30N3.Ni/c1-8-13(16-14(5,6)7)15-12(4)11-17(9-2)10-3;/h12H,8-11H2,1-7H3;/q-1;. The Morgan fingerprint density at radius 1 is 1.17 bits per heavy atom. The molecule has 0 aromatic rings. The zero-order valence-electron chi connectivity index (χ0n) is 13.1. The smallest absolute Gasteiger partial charge is 0 e. The summed E-state index contributed by atoms with van der Waals surface area (Å²) in [6.45, 7) is 18.2. The summed E-state index contributed by atoms with van der Waals surface area (Å²) in [4.78, 5) is 7.06.